The van der Waals surface area contributed by atoms with E-state index in [1.807, 2.05) is 11.7 Å². The molecule has 13 heavy (non-hydrogen) atoms. The van der Waals surface area contributed by atoms with E-state index >= 15 is 0 Å². The molecular weight excluding hydrogens is 164 g/mol. The standard InChI is InChI=1S/C9H14N4/c1-13-9(8(10)6-12-13)7-3-2-4-11-5-7/h3,6,11H,2,4-5,10H2,1H3. The van der Waals surface area contributed by atoms with Crippen LogP contribution in [0, 0.1) is 0 Å². The summed E-state index contributed by atoms with van der Waals surface area (Å²) in [6, 6.07) is 0. The van der Waals surface area contributed by atoms with Crippen molar-refractivity contribution in [3.8, 4) is 0 Å². The number of hydrogen-bond donors (Lipinski definition) is 2. The van der Waals surface area contributed by atoms with Gasteiger partial charge in [-0.15, -0.1) is 0 Å². The largest absolute Gasteiger partial charge is 0.396 e. The average molecular weight is 178 g/mol. The molecule has 4 heteroatoms. The summed E-state index contributed by atoms with van der Waals surface area (Å²) in [6.45, 7) is 1.95. The molecule has 0 unspecified atom stereocenters. The van der Waals surface area contributed by atoms with Gasteiger partial charge in [-0.25, -0.2) is 0 Å². The second-order valence-electron chi connectivity index (χ2n) is 3.27. The quantitative estimate of drug-likeness (QED) is 0.653. The van der Waals surface area contributed by atoms with Gasteiger partial charge in [-0.05, 0) is 18.5 Å². The minimum Gasteiger partial charge on any atom is -0.396 e. The smallest absolute Gasteiger partial charge is 0.0878 e. The second-order valence-corrected chi connectivity index (χ2v) is 3.27. The summed E-state index contributed by atoms with van der Waals surface area (Å²) in [5, 5.41) is 7.43. The third-order valence-electron chi connectivity index (χ3n) is 2.30. The molecule has 2 heterocycles. The number of nitrogens with two attached hydrogens (primary N) is 1. The van der Waals surface area contributed by atoms with Crippen molar-refractivity contribution in [2.75, 3.05) is 18.8 Å². The molecule has 0 aliphatic carbocycles. The summed E-state index contributed by atoms with van der Waals surface area (Å²) in [6.07, 6.45) is 4.99. The minimum atomic E-state index is 0.762. The Kier molecular flexibility index (Phi) is 2.06. The highest BCUT2D eigenvalue weighted by Crippen LogP contribution is 2.21. The predicted octanol–water partition coefficient (Wildman–Crippen LogP) is 0.379. The molecule has 0 radical (unpaired) electrons. The van der Waals surface area contributed by atoms with E-state index in [1.165, 1.54) is 5.57 Å². The maximum absolute atomic E-state index is 5.82. The Morgan fingerprint density at radius 1 is 1.62 bits per heavy atom. The number of nitrogens with one attached hydrogen (secondary N) is 1. The molecule has 0 atom stereocenters. The van der Waals surface area contributed by atoms with Crippen LogP contribution in [0.25, 0.3) is 5.57 Å². The van der Waals surface area contributed by atoms with Crippen LogP contribution in [0.5, 0.6) is 0 Å². The summed E-state index contributed by atoms with van der Waals surface area (Å²) in [5.74, 6) is 0. The van der Waals surface area contributed by atoms with Gasteiger partial charge in [0.2, 0.25) is 0 Å². The van der Waals surface area contributed by atoms with Crippen LogP contribution >= 0.6 is 0 Å². The number of aryl methyl sites for hydroxylation is 1. The fourth-order valence-corrected chi connectivity index (χ4v) is 1.67. The lowest BCUT2D eigenvalue weighted by molar-refractivity contribution is 0.714. The van der Waals surface area contributed by atoms with E-state index in [-0.39, 0.29) is 0 Å². The van der Waals surface area contributed by atoms with Gasteiger partial charge in [-0.1, -0.05) is 6.08 Å². The fraction of sp³-hybridized carbons (Fsp3) is 0.444. The zero-order chi connectivity index (χ0) is 9.26. The summed E-state index contributed by atoms with van der Waals surface area (Å²) in [7, 11) is 1.92. The summed E-state index contributed by atoms with van der Waals surface area (Å²) in [5.41, 5.74) is 8.88. The Morgan fingerprint density at radius 2 is 2.46 bits per heavy atom. The van der Waals surface area contributed by atoms with Crippen molar-refractivity contribution in [1.29, 1.82) is 0 Å². The Hall–Kier alpha value is -1.29. The molecule has 0 bridgehead atoms. The average Bonchev–Trinajstić information content (AvgIpc) is 2.48. The van der Waals surface area contributed by atoms with Crippen molar-refractivity contribution in [2.45, 2.75) is 6.42 Å². The summed E-state index contributed by atoms with van der Waals surface area (Å²) < 4.78 is 1.83. The van der Waals surface area contributed by atoms with Gasteiger partial charge in [0.15, 0.2) is 0 Å². The predicted molar refractivity (Wildman–Crippen MR) is 53.1 cm³/mol. The summed E-state index contributed by atoms with van der Waals surface area (Å²) in [4.78, 5) is 0. The third kappa shape index (κ3) is 1.45. The van der Waals surface area contributed by atoms with Crippen molar-refractivity contribution < 1.29 is 0 Å². The third-order valence-corrected chi connectivity index (χ3v) is 2.30. The van der Waals surface area contributed by atoms with Crippen LogP contribution in [0.1, 0.15) is 12.1 Å². The van der Waals surface area contributed by atoms with Crippen molar-refractivity contribution >= 4 is 11.3 Å². The Labute approximate surface area is 77.4 Å². The number of nitrogens with zero attached hydrogens (tertiary/aromatic N) is 2. The zero-order valence-electron chi connectivity index (χ0n) is 7.75. The van der Waals surface area contributed by atoms with Crippen LogP contribution in [0.3, 0.4) is 0 Å². The lowest BCUT2D eigenvalue weighted by Crippen LogP contribution is -2.22. The lowest BCUT2D eigenvalue weighted by atomic mass is 10.1. The molecule has 0 amide bonds. The maximum atomic E-state index is 5.82. The van der Waals surface area contributed by atoms with E-state index in [1.54, 1.807) is 6.20 Å². The van der Waals surface area contributed by atoms with Crippen molar-refractivity contribution in [1.82, 2.24) is 15.1 Å². The molecule has 0 saturated heterocycles. The van der Waals surface area contributed by atoms with Crippen LogP contribution < -0.4 is 11.1 Å². The summed E-state index contributed by atoms with van der Waals surface area (Å²) >= 11 is 0. The molecule has 0 spiro atoms. The first-order chi connectivity index (χ1) is 6.29. The van der Waals surface area contributed by atoms with Crippen LogP contribution in [-0.4, -0.2) is 22.9 Å². The maximum Gasteiger partial charge on any atom is 0.0878 e. The van der Waals surface area contributed by atoms with Crippen LogP contribution in [-0.2, 0) is 7.05 Å². The van der Waals surface area contributed by atoms with E-state index < -0.39 is 0 Å². The molecule has 0 aromatic carbocycles. The number of hydrogen-bond acceptors (Lipinski definition) is 3. The molecule has 1 aromatic heterocycles. The molecule has 2 rings (SSSR count). The van der Waals surface area contributed by atoms with Gasteiger partial charge in [0, 0.05) is 13.6 Å². The van der Waals surface area contributed by atoms with E-state index in [2.05, 4.69) is 16.5 Å². The minimum absolute atomic E-state index is 0.762. The second kappa shape index (κ2) is 3.22. The molecule has 1 aliphatic heterocycles. The molecule has 4 nitrogen and oxygen atoms in total. The Bertz CT molecular complexity index is 318. The topological polar surface area (TPSA) is 55.9 Å². The Balaban J connectivity index is 2.38. The number of nitrogen functional groups attached to an aromatic ring is 1. The first-order valence-electron chi connectivity index (χ1n) is 4.46. The first kappa shape index (κ1) is 8.31. The fourth-order valence-electron chi connectivity index (χ4n) is 1.67. The highest BCUT2D eigenvalue weighted by molar-refractivity contribution is 5.73. The number of rotatable bonds is 1. The van der Waals surface area contributed by atoms with Crippen molar-refractivity contribution in [2.24, 2.45) is 7.05 Å². The molecule has 70 valence electrons. The van der Waals surface area contributed by atoms with E-state index in [4.69, 9.17) is 5.73 Å². The van der Waals surface area contributed by atoms with Gasteiger partial charge in [-0.3, -0.25) is 4.68 Å². The molecule has 0 fully saturated rings. The van der Waals surface area contributed by atoms with Crippen LogP contribution in [0.4, 0.5) is 5.69 Å². The van der Waals surface area contributed by atoms with Gasteiger partial charge in [0.25, 0.3) is 0 Å². The van der Waals surface area contributed by atoms with Gasteiger partial charge in [0.05, 0.1) is 17.6 Å². The highest BCUT2D eigenvalue weighted by atomic mass is 15.3. The van der Waals surface area contributed by atoms with E-state index in [0.717, 1.165) is 30.9 Å². The van der Waals surface area contributed by atoms with Crippen LogP contribution in [0.2, 0.25) is 0 Å². The molecule has 1 aliphatic rings. The van der Waals surface area contributed by atoms with E-state index in [9.17, 15) is 0 Å². The highest BCUT2D eigenvalue weighted by Gasteiger charge is 2.12. The van der Waals surface area contributed by atoms with Crippen LogP contribution in [0.15, 0.2) is 12.3 Å². The lowest BCUT2D eigenvalue weighted by Gasteiger charge is -2.14. The van der Waals surface area contributed by atoms with Gasteiger partial charge in [0.1, 0.15) is 0 Å². The van der Waals surface area contributed by atoms with Gasteiger partial charge in [-0.2, -0.15) is 5.10 Å². The van der Waals surface area contributed by atoms with Gasteiger partial charge >= 0.3 is 0 Å². The molecule has 0 saturated carbocycles. The SMILES string of the molecule is Cn1ncc(N)c1C1=CCCNC1. The normalized spacial score (nSPS) is 17.2. The zero-order valence-corrected chi connectivity index (χ0v) is 7.75. The van der Waals surface area contributed by atoms with Gasteiger partial charge < -0.3 is 11.1 Å². The molecule has 3 N–H and O–H groups in total. The van der Waals surface area contributed by atoms with Crippen molar-refractivity contribution in [3.63, 3.8) is 0 Å². The Morgan fingerprint density at radius 3 is 3.00 bits per heavy atom. The first-order valence-corrected chi connectivity index (χ1v) is 4.46. The monoisotopic (exact) mass is 178 g/mol. The molecule has 1 aromatic rings. The van der Waals surface area contributed by atoms with Crippen molar-refractivity contribution in [3.05, 3.63) is 18.0 Å². The molecular formula is C9H14N4. The van der Waals surface area contributed by atoms with E-state index in [0.29, 0.717) is 0 Å². The number of aromatic nitrogens is 2. The number of anilines is 1.